The van der Waals surface area contributed by atoms with Crippen LogP contribution in [0.3, 0.4) is 0 Å². The van der Waals surface area contributed by atoms with Crippen LogP contribution in [0.5, 0.6) is 0 Å². The first-order chi connectivity index (χ1) is 12.1. The van der Waals surface area contributed by atoms with Crippen LogP contribution < -0.4 is 10.2 Å². The molecule has 0 aliphatic carbocycles. The zero-order chi connectivity index (χ0) is 17.4. The van der Waals surface area contributed by atoms with Crippen molar-refractivity contribution in [3.63, 3.8) is 0 Å². The summed E-state index contributed by atoms with van der Waals surface area (Å²) in [4.78, 5) is 18.4. The van der Waals surface area contributed by atoms with Crippen molar-refractivity contribution in [1.29, 1.82) is 0 Å². The number of carbonyl (C=O) groups excluding carboxylic acids is 1. The van der Waals surface area contributed by atoms with Crippen molar-refractivity contribution in [2.24, 2.45) is 0 Å². The van der Waals surface area contributed by atoms with E-state index in [0.717, 1.165) is 41.2 Å². The molecule has 4 rings (SSSR count). The molecule has 2 atom stereocenters. The molecule has 1 saturated heterocycles. The Bertz CT molecular complexity index is 913. The Kier molecular flexibility index (Phi) is 3.92. The fourth-order valence-electron chi connectivity index (χ4n) is 3.71. The predicted octanol–water partition coefficient (Wildman–Crippen LogP) is 3.24. The molecule has 0 bridgehead atoms. The molecule has 1 fully saturated rings. The number of pyridine rings is 1. The van der Waals surface area contributed by atoms with Crippen LogP contribution in [0.2, 0.25) is 0 Å². The summed E-state index contributed by atoms with van der Waals surface area (Å²) < 4.78 is 5.86. The highest BCUT2D eigenvalue weighted by atomic mass is 16.3. The molecule has 1 aliphatic heterocycles. The summed E-state index contributed by atoms with van der Waals surface area (Å²) in [6.45, 7) is 5.05. The first-order valence-corrected chi connectivity index (χ1v) is 8.54. The maximum atomic E-state index is 11.7. The molecule has 0 radical (unpaired) electrons. The number of hydrogen-bond acceptors (Lipinski definition) is 4. The molecular formula is C20H21N3O2. The molecule has 1 N–H and O–H groups in total. The average molecular weight is 335 g/mol. The van der Waals surface area contributed by atoms with E-state index >= 15 is 0 Å². The Labute approximate surface area is 146 Å². The van der Waals surface area contributed by atoms with E-state index in [9.17, 15) is 4.79 Å². The van der Waals surface area contributed by atoms with Gasteiger partial charge >= 0.3 is 0 Å². The van der Waals surface area contributed by atoms with Crippen LogP contribution in [-0.4, -0.2) is 30.0 Å². The van der Waals surface area contributed by atoms with Gasteiger partial charge in [-0.05, 0) is 31.2 Å². The van der Waals surface area contributed by atoms with Crippen molar-refractivity contribution in [2.75, 3.05) is 18.0 Å². The lowest BCUT2D eigenvalue weighted by atomic mass is 10.0. The fraction of sp³-hybridized carbons (Fsp3) is 0.300. The molecule has 3 heterocycles. The molecule has 5 nitrogen and oxygen atoms in total. The summed E-state index contributed by atoms with van der Waals surface area (Å²) in [6, 6.07) is 14.2. The fourth-order valence-corrected chi connectivity index (χ4v) is 3.71. The number of furan rings is 1. The lowest BCUT2D eigenvalue weighted by molar-refractivity contribution is -0.119. The van der Waals surface area contributed by atoms with Crippen LogP contribution in [0.4, 0.5) is 5.69 Å². The SMILES string of the molecule is CC(=O)N[C@@H]1CN(c2ccnc3ccccc23)C[C@H]1c1ccc(C)o1. The molecule has 1 aromatic carbocycles. The van der Waals surface area contributed by atoms with Crippen LogP contribution in [-0.2, 0) is 4.79 Å². The van der Waals surface area contributed by atoms with Crippen molar-refractivity contribution in [2.45, 2.75) is 25.8 Å². The molecule has 0 unspecified atom stereocenters. The van der Waals surface area contributed by atoms with Crippen molar-refractivity contribution < 1.29 is 9.21 Å². The van der Waals surface area contributed by atoms with Crippen LogP contribution >= 0.6 is 0 Å². The number of aryl methyl sites for hydroxylation is 1. The normalized spacial score (nSPS) is 20.2. The minimum Gasteiger partial charge on any atom is -0.466 e. The quantitative estimate of drug-likeness (QED) is 0.798. The van der Waals surface area contributed by atoms with Gasteiger partial charge in [-0.2, -0.15) is 0 Å². The molecule has 25 heavy (non-hydrogen) atoms. The van der Waals surface area contributed by atoms with Gasteiger partial charge in [0.05, 0.1) is 17.5 Å². The number of aromatic nitrogens is 1. The number of benzene rings is 1. The van der Waals surface area contributed by atoms with E-state index in [1.165, 1.54) is 0 Å². The number of anilines is 1. The molecule has 0 saturated carbocycles. The van der Waals surface area contributed by atoms with Crippen molar-refractivity contribution in [1.82, 2.24) is 10.3 Å². The van der Waals surface area contributed by atoms with Gasteiger partial charge in [0.2, 0.25) is 5.91 Å². The minimum absolute atomic E-state index is 0.0142. The smallest absolute Gasteiger partial charge is 0.217 e. The van der Waals surface area contributed by atoms with Crippen molar-refractivity contribution in [3.8, 4) is 0 Å². The third-order valence-corrected chi connectivity index (χ3v) is 4.80. The second-order valence-electron chi connectivity index (χ2n) is 6.61. The maximum Gasteiger partial charge on any atom is 0.217 e. The zero-order valence-electron chi connectivity index (χ0n) is 14.4. The molecule has 128 valence electrons. The van der Waals surface area contributed by atoms with Crippen LogP contribution in [0.25, 0.3) is 10.9 Å². The third kappa shape index (κ3) is 2.97. The average Bonchev–Trinajstić information content (AvgIpc) is 3.20. The number of para-hydroxylation sites is 1. The first-order valence-electron chi connectivity index (χ1n) is 8.54. The Morgan fingerprint density at radius 2 is 2.04 bits per heavy atom. The highest BCUT2D eigenvalue weighted by Crippen LogP contribution is 2.35. The van der Waals surface area contributed by atoms with Crippen LogP contribution in [0, 0.1) is 6.92 Å². The number of nitrogens with one attached hydrogen (secondary N) is 1. The molecular weight excluding hydrogens is 314 g/mol. The van der Waals surface area contributed by atoms with Crippen molar-refractivity contribution >= 4 is 22.5 Å². The van der Waals surface area contributed by atoms with E-state index < -0.39 is 0 Å². The maximum absolute atomic E-state index is 11.7. The largest absolute Gasteiger partial charge is 0.466 e. The topological polar surface area (TPSA) is 58.4 Å². The van der Waals surface area contributed by atoms with Crippen molar-refractivity contribution in [3.05, 3.63) is 60.2 Å². The van der Waals surface area contributed by atoms with Gasteiger partial charge in [0.25, 0.3) is 0 Å². The highest BCUT2D eigenvalue weighted by molar-refractivity contribution is 5.91. The standard InChI is InChI=1S/C20H21N3O2/c1-13-7-8-20(25-13)16-11-23(12-18(16)22-14(2)24)19-9-10-21-17-6-4-3-5-15(17)19/h3-10,16,18H,11-12H2,1-2H3,(H,22,24)/t16-,18-/m1/s1. The number of carbonyl (C=O) groups is 1. The van der Waals surface area contributed by atoms with E-state index in [-0.39, 0.29) is 17.9 Å². The second-order valence-corrected chi connectivity index (χ2v) is 6.61. The number of rotatable bonds is 3. The summed E-state index contributed by atoms with van der Waals surface area (Å²) in [6.07, 6.45) is 1.84. The van der Waals surface area contributed by atoms with E-state index in [1.54, 1.807) is 6.92 Å². The number of amides is 1. The van der Waals surface area contributed by atoms with E-state index in [0.29, 0.717) is 0 Å². The van der Waals surface area contributed by atoms with E-state index in [4.69, 9.17) is 4.42 Å². The van der Waals surface area contributed by atoms with Gasteiger partial charge in [-0.25, -0.2) is 0 Å². The van der Waals surface area contributed by atoms with Gasteiger partial charge in [0.15, 0.2) is 0 Å². The summed E-state index contributed by atoms with van der Waals surface area (Å²) in [5, 5.41) is 4.22. The van der Waals surface area contributed by atoms with Gasteiger partial charge in [0, 0.05) is 37.3 Å². The number of fused-ring (bicyclic) bond motifs is 1. The Morgan fingerprint density at radius 1 is 1.20 bits per heavy atom. The first kappa shape index (κ1) is 15.7. The summed E-state index contributed by atoms with van der Waals surface area (Å²) in [5.41, 5.74) is 2.13. The van der Waals surface area contributed by atoms with Gasteiger partial charge in [-0.1, -0.05) is 18.2 Å². The van der Waals surface area contributed by atoms with Crippen LogP contribution in [0.1, 0.15) is 24.4 Å². The molecule has 5 heteroatoms. The molecule has 0 spiro atoms. The molecule has 1 aliphatic rings. The summed E-state index contributed by atoms with van der Waals surface area (Å²) in [5.74, 6) is 1.94. The van der Waals surface area contributed by atoms with Gasteiger partial charge in [-0.3, -0.25) is 9.78 Å². The summed E-state index contributed by atoms with van der Waals surface area (Å²) >= 11 is 0. The number of nitrogens with zero attached hydrogens (tertiary/aromatic N) is 2. The highest BCUT2D eigenvalue weighted by Gasteiger charge is 2.36. The van der Waals surface area contributed by atoms with Gasteiger partial charge in [0.1, 0.15) is 11.5 Å². The molecule has 3 aromatic rings. The Morgan fingerprint density at radius 3 is 2.80 bits per heavy atom. The Balaban J connectivity index is 1.70. The lowest BCUT2D eigenvalue weighted by Gasteiger charge is -2.20. The third-order valence-electron chi connectivity index (χ3n) is 4.80. The minimum atomic E-state index is -0.0142. The zero-order valence-corrected chi connectivity index (χ0v) is 14.4. The predicted molar refractivity (Wildman–Crippen MR) is 97.7 cm³/mol. The molecule has 1 amide bonds. The van der Waals surface area contributed by atoms with Gasteiger partial charge in [-0.15, -0.1) is 0 Å². The van der Waals surface area contributed by atoms with Crippen LogP contribution in [0.15, 0.2) is 53.1 Å². The summed E-state index contributed by atoms with van der Waals surface area (Å²) in [7, 11) is 0. The number of hydrogen-bond donors (Lipinski definition) is 1. The van der Waals surface area contributed by atoms with E-state index in [1.807, 2.05) is 49.5 Å². The Hall–Kier alpha value is -2.82. The molecule has 2 aromatic heterocycles. The monoisotopic (exact) mass is 335 g/mol. The van der Waals surface area contributed by atoms with E-state index in [2.05, 4.69) is 21.3 Å². The lowest BCUT2D eigenvalue weighted by Crippen LogP contribution is -2.38. The second kappa shape index (κ2) is 6.24. The van der Waals surface area contributed by atoms with Gasteiger partial charge < -0.3 is 14.6 Å².